The first-order chi connectivity index (χ1) is 18.4. The van der Waals surface area contributed by atoms with Crippen LogP contribution in [-0.2, 0) is 20.0 Å². The summed E-state index contributed by atoms with van der Waals surface area (Å²) in [6.07, 6.45) is 4.66. The van der Waals surface area contributed by atoms with E-state index < -0.39 is 0 Å². The summed E-state index contributed by atoms with van der Waals surface area (Å²) < 4.78 is 10.5. The van der Waals surface area contributed by atoms with Gasteiger partial charge >= 0.3 is 0 Å². The number of hydrogen-bond acceptors (Lipinski definition) is 4. The van der Waals surface area contributed by atoms with Crippen LogP contribution >= 0.6 is 11.3 Å². The van der Waals surface area contributed by atoms with Crippen LogP contribution in [0.15, 0.2) is 60.0 Å². The molecule has 38 heavy (non-hydrogen) atoms. The molecule has 0 saturated carbocycles. The molecule has 6 rings (SSSR count). The number of aryl methyl sites for hydroxylation is 2. The molecule has 0 spiro atoms. The molecule has 7 heteroatoms. The average molecular weight is 530 g/mol. The lowest BCUT2D eigenvalue weighted by atomic mass is 9.99. The number of thiophene rings is 1. The van der Waals surface area contributed by atoms with Gasteiger partial charge in [-0.15, -0.1) is 11.3 Å². The number of carbonyl (C=O) groups excluding carboxylic acids is 1. The number of carbonyl (C=O) groups is 1. The number of nitrogens with zero attached hydrogens (tertiary/aromatic N) is 3. The minimum Gasteiger partial charge on any atom is -0.490 e. The molecule has 2 aromatic carbocycles. The maximum atomic E-state index is 13.3. The fraction of sp³-hybridized carbons (Fsp3) is 0.387. The van der Waals surface area contributed by atoms with E-state index >= 15 is 0 Å². The summed E-state index contributed by atoms with van der Waals surface area (Å²) in [6, 6.07) is 18.9. The van der Waals surface area contributed by atoms with Crippen LogP contribution in [0.2, 0.25) is 0 Å². The molecule has 1 fully saturated rings. The summed E-state index contributed by atoms with van der Waals surface area (Å²) in [4.78, 5) is 15.7. The molecule has 2 aliphatic rings. The Balaban J connectivity index is 1.17. The molecular formula is C31H37N4O2S+. The number of anilines is 2. The van der Waals surface area contributed by atoms with Crippen molar-refractivity contribution in [2.75, 3.05) is 43.9 Å². The number of aromatic nitrogens is 1. The Morgan fingerprint density at radius 2 is 1.89 bits per heavy atom. The topological polar surface area (TPSA) is 46.5 Å². The third-order valence-corrected chi connectivity index (χ3v) is 9.02. The fourth-order valence-corrected chi connectivity index (χ4v) is 6.75. The second kappa shape index (κ2) is 10.1. The van der Waals surface area contributed by atoms with Crippen molar-refractivity contribution in [2.45, 2.75) is 38.3 Å². The predicted octanol–water partition coefficient (Wildman–Crippen LogP) is 6.06. The highest BCUT2D eigenvalue weighted by molar-refractivity contribution is 7.17. The Hall–Kier alpha value is -3.29. The average Bonchev–Trinajstić information content (AvgIpc) is 3.49. The van der Waals surface area contributed by atoms with Gasteiger partial charge in [0.05, 0.1) is 48.8 Å². The van der Waals surface area contributed by atoms with E-state index in [0.29, 0.717) is 11.8 Å². The van der Waals surface area contributed by atoms with Gasteiger partial charge in [0.2, 0.25) is 0 Å². The lowest BCUT2D eigenvalue weighted by molar-refractivity contribution is -0.895. The van der Waals surface area contributed by atoms with Gasteiger partial charge in [-0.2, -0.15) is 0 Å². The number of nitrogens with one attached hydrogen (secondary N) is 1. The van der Waals surface area contributed by atoms with Crippen LogP contribution in [0.25, 0.3) is 10.2 Å². The highest BCUT2D eigenvalue weighted by Gasteiger charge is 2.27. The second-order valence-corrected chi connectivity index (χ2v) is 12.3. The maximum Gasteiger partial charge on any atom is 0.272 e. The molecule has 4 aromatic rings. The standard InChI is InChI=1S/C31H36N4O2S/c1-33-27-15-19-38-29(27)20-28(33)31(36)32-26-8-4-6-23-7-5-16-34(30(23)26)21-22-9-11-24(12-10-22)37-25-13-17-35(2,3)18-14-25/h4,6,8-12,15,19-20,25H,5,7,13-14,16-18,21H2,1-3H3/p+1. The fourth-order valence-electron chi connectivity index (χ4n) is 5.90. The quantitative estimate of drug-likeness (QED) is 0.309. The zero-order valence-electron chi connectivity index (χ0n) is 22.6. The number of quaternary nitrogens is 1. The van der Waals surface area contributed by atoms with Crippen LogP contribution < -0.4 is 15.0 Å². The molecule has 6 nitrogen and oxygen atoms in total. The third-order valence-electron chi connectivity index (χ3n) is 8.17. The lowest BCUT2D eigenvalue weighted by Gasteiger charge is -2.37. The van der Waals surface area contributed by atoms with Crippen molar-refractivity contribution in [3.63, 3.8) is 0 Å². The van der Waals surface area contributed by atoms with Crippen molar-refractivity contribution in [1.82, 2.24) is 4.57 Å². The number of amides is 1. The molecule has 0 unspecified atom stereocenters. The van der Waals surface area contributed by atoms with E-state index in [0.717, 1.165) is 70.6 Å². The maximum absolute atomic E-state index is 13.3. The zero-order chi connectivity index (χ0) is 26.3. The van der Waals surface area contributed by atoms with Crippen LogP contribution in [0.4, 0.5) is 11.4 Å². The molecule has 0 radical (unpaired) electrons. The van der Waals surface area contributed by atoms with E-state index in [1.165, 1.54) is 24.2 Å². The first-order valence-electron chi connectivity index (χ1n) is 13.6. The van der Waals surface area contributed by atoms with Gasteiger partial charge in [0.25, 0.3) is 5.91 Å². The summed E-state index contributed by atoms with van der Waals surface area (Å²) in [5.74, 6) is 0.890. The Labute approximate surface area is 229 Å². The molecular weight excluding hydrogens is 492 g/mol. The van der Waals surface area contributed by atoms with E-state index in [4.69, 9.17) is 4.74 Å². The van der Waals surface area contributed by atoms with Crippen molar-refractivity contribution in [1.29, 1.82) is 0 Å². The van der Waals surface area contributed by atoms with Gasteiger partial charge in [0.15, 0.2) is 0 Å². The van der Waals surface area contributed by atoms with Crippen molar-refractivity contribution in [2.24, 2.45) is 7.05 Å². The van der Waals surface area contributed by atoms with E-state index in [1.54, 1.807) is 11.3 Å². The third kappa shape index (κ3) is 5.05. The highest BCUT2D eigenvalue weighted by atomic mass is 32.1. The molecule has 1 N–H and O–H groups in total. The van der Waals surface area contributed by atoms with Crippen molar-refractivity contribution in [3.8, 4) is 5.75 Å². The van der Waals surface area contributed by atoms with E-state index in [1.807, 2.05) is 23.7 Å². The molecule has 2 aromatic heterocycles. The first-order valence-corrected chi connectivity index (χ1v) is 14.5. The highest BCUT2D eigenvalue weighted by Crippen LogP contribution is 2.36. The van der Waals surface area contributed by atoms with Crippen LogP contribution in [0.3, 0.4) is 0 Å². The van der Waals surface area contributed by atoms with Gasteiger partial charge < -0.3 is 24.0 Å². The normalized spacial score (nSPS) is 17.4. The van der Waals surface area contributed by atoms with Gasteiger partial charge in [-0.25, -0.2) is 0 Å². The summed E-state index contributed by atoms with van der Waals surface area (Å²) >= 11 is 1.66. The number of piperidine rings is 1. The Morgan fingerprint density at radius 3 is 2.66 bits per heavy atom. The van der Waals surface area contributed by atoms with Gasteiger partial charge in [0, 0.05) is 33.0 Å². The van der Waals surface area contributed by atoms with Crippen molar-refractivity contribution < 1.29 is 14.0 Å². The van der Waals surface area contributed by atoms with Gasteiger partial charge in [-0.1, -0.05) is 24.3 Å². The number of hydrogen-bond donors (Lipinski definition) is 1. The Kier molecular flexibility index (Phi) is 6.66. The van der Waals surface area contributed by atoms with Crippen molar-refractivity contribution >= 4 is 38.8 Å². The first kappa shape index (κ1) is 25.0. The van der Waals surface area contributed by atoms with E-state index in [2.05, 4.69) is 72.2 Å². The van der Waals surface area contributed by atoms with Crippen molar-refractivity contribution in [3.05, 3.63) is 76.8 Å². The number of likely N-dealkylation sites (tertiary alicyclic amines) is 1. The van der Waals surface area contributed by atoms with Crippen LogP contribution in [-0.4, -0.2) is 54.8 Å². The van der Waals surface area contributed by atoms with Gasteiger partial charge in [-0.05, 0) is 59.7 Å². The SMILES string of the molecule is Cn1c(C(=O)Nc2cccc3c2N(Cc2ccc(OC4CC[N+](C)(C)CC4)cc2)CCC3)cc2sccc21. The number of fused-ring (bicyclic) bond motifs is 2. The number of ether oxygens (including phenoxy) is 1. The smallest absolute Gasteiger partial charge is 0.272 e. The number of benzene rings is 2. The number of para-hydroxylation sites is 1. The second-order valence-electron chi connectivity index (χ2n) is 11.4. The summed E-state index contributed by atoms with van der Waals surface area (Å²) in [7, 11) is 6.55. The number of rotatable bonds is 6. The molecule has 1 amide bonds. The molecule has 2 aliphatic heterocycles. The zero-order valence-corrected chi connectivity index (χ0v) is 23.4. The van der Waals surface area contributed by atoms with E-state index in [9.17, 15) is 4.79 Å². The summed E-state index contributed by atoms with van der Waals surface area (Å²) in [5, 5.41) is 5.30. The van der Waals surface area contributed by atoms with Gasteiger partial charge in [-0.3, -0.25) is 4.79 Å². The summed E-state index contributed by atoms with van der Waals surface area (Å²) in [5.41, 5.74) is 6.34. The van der Waals surface area contributed by atoms with Crippen LogP contribution in [0.5, 0.6) is 5.75 Å². The lowest BCUT2D eigenvalue weighted by Crippen LogP contribution is -2.48. The molecule has 0 atom stereocenters. The monoisotopic (exact) mass is 529 g/mol. The molecule has 1 saturated heterocycles. The molecule has 4 heterocycles. The molecule has 0 aliphatic carbocycles. The Bertz CT molecular complexity index is 1440. The molecule has 0 bridgehead atoms. The molecule has 198 valence electrons. The summed E-state index contributed by atoms with van der Waals surface area (Å²) in [6.45, 7) is 4.10. The predicted molar refractivity (Wildman–Crippen MR) is 156 cm³/mol. The van der Waals surface area contributed by atoms with Crippen LogP contribution in [0, 0.1) is 0 Å². The Morgan fingerprint density at radius 1 is 1.11 bits per heavy atom. The van der Waals surface area contributed by atoms with E-state index in [-0.39, 0.29) is 5.91 Å². The van der Waals surface area contributed by atoms with Gasteiger partial charge in [0.1, 0.15) is 17.5 Å². The van der Waals surface area contributed by atoms with Crippen LogP contribution in [0.1, 0.15) is 40.9 Å². The minimum absolute atomic E-state index is 0.0683. The largest absolute Gasteiger partial charge is 0.490 e. The minimum atomic E-state index is -0.0683.